The number of morpholine rings is 1. The fourth-order valence-corrected chi connectivity index (χ4v) is 4.82. The molecule has 10 heteroatoms. The Hall–Kier alpha value is -3.53. The van der Waals surface area contributed by atoms with Crippen LogP contribution in [0.4, 0.5) is 11.5 Å². The normalized spacial score (nSPS) is 23.0. The number of nitrogens with one attached hydrogen (secondary N) is 1. The third kappa shape index (κ3) is 4.45. The molecule has 2 fully saturated rings. The molecule has 2 saturated heterocycles. The molecule has 178 valence electrons. The number of hydrogen-bond acceptors (Lipinski definition) is 7. The van der Waals surface area contributed by atoms with Crippen LogP contribution in [0.15, 0.2) is 42.9 Å². The number of rotatable bonds is 6. The molecule has 4 heterocycles. The first-order chi connectivity index (χ1) is 16.5. The zero-order valence-electron chi connectivity index (χ0n) is 19.4. The minimum Gasteiger partial charge on any atom is -0.372 e. The lowest BCUT2D eigenvalue weighted by Crippen LogP contribution is -2.45. The van der Waals surface area contributed by atoms with E-state index in [0.29, 0.717) is 19.6 Å². The fraction of sp³-hybridized carbons (Fsp3) is 0.458. The second-order valence-corrected chi connectivity index (χ2v) is 9.00. The van der Waals surface area contributed by atoms with E-state index in [2.05, 4.69) is 39.1 Å². The first kappa shape index (κ1) is 22.3. The Bertz CT molecular complexity index is 1170. The van der Waals surface area contributed by atoms with Crippen LogP contribution in [0, 0.1) is 5.92 Å². The average molecular weight is 464 g/mol. The van der Waals surface area contributed by atoms with Gasteiger partial charge >= 0.3 is 0 Å². The number of amides is 2. The number of aromatic nitrogens is 4. The number of carbonyl (C=O) groups excluding carboxylic acids is 2. The second-order valence-electron chi connectivity index (χ2n) is 9.00. The van der Waals surface area contributed by atoms with Gasteiger partial charge in [0.2, 0.25) is 11.8 Å². The first-order valence-corrected chi connectivity index (χ1v) is 11.7. The molecule has 1 N–H and O–H groups in total. The number of fused-ring (bicyclic) bond motifs is 1. The van der Waals surface area contributed by atoms with Gasteiger partial charge in [-0.15, -0.1) is 0 Å². The van der Waals surface area contributed by atoms with Crippen LogP contribution >= 0.6 is 0 Å². The zero-order chi connectivity index (χ0) is 23.7. The summed E-state index contributed by atoms with van der Waals surface area (Å²) in [5.74, 6) is 0.351. The van der Waals surface area contributed by atoms with Crippen LogP contribution in [0.1, 0.15) is 20.3 Å². The van der Waals surface area contributed by atoms with E-state index in [1.54, 1.807) is 22.1 Å². The first-order valence-electron chi connectivity index (χ1n) is 11.7. The Balaban J connectivity index is 1.21. The predicted octanol–water partition coefficient (Wildman–Crippen LogP) is 1.61. The summed E-state index contributed by atoms with van der Waals surface area (Å²) >= 11 is 0. The molecular formula is C24H29N7O3. The summed E-state index contributed by atoms with van der Waals surface area (Å²) in [7, 11) is 0. The molecule has 0 saturated carbocycles. The van der Waals surface area contributed by atoms with Crippen LogP contribution in [-0.4, -0.2) is 69.9 Å². The Morgan fingerprint density at radius 3 is 2.65 bits per heavy atom. The van der Waals surface area contributed by atoms with E-state index in [0.717, 1.165) is 35.6 Å². The smallest absolute Gasteiger partial charge is 0.227 e. The van der Waals surface area contributed by atoms with Crippen molar-refractivity contribution in [2.75, 3.05) is 36.0 Å². The van der Waals surface area contributed by atoms with Crippen molar-refractivity contribution < 1.29 is 14.3 Å². The maximum Gasteiger partial charge on any atom is 0.227 e. The number of para-hydroxylation sites is 1. The van der Waals surface area contributed by atoms with Gasteiger partial charge in [0.25, 0.3) is 0 Å². The minimum absolute atomic E-state index is 0.0274. The number of hydrogen-bond donors (Lipinski definition) is 1. The van der Waals surface area contributed by atoms with Crippen molar-refractivity contribution in [1.82, 2.24) is 25.1 Å². The van der Waals surface area contributed by atoms with E-state index in [4.69, 9.17) is 4.74 Å². The highest BCUT2D eigenvalue weighted by Crippen LogP contribution is 2.26. The summed E-state index contributed by atoms with van der Waals surface area (Å²) in [4.78, 5) is 38.0. The number of nitrogens with zero attached hydrogens (tertiary/aromatic N) is 6. The van der Waals surface area contributed by atoms with Crippen molar-refractivity contribution in [3.05, 3.63) is 42.9 Å². The highest BCUT2D eigenvalue weighted by Gasteiger charge is 2.35. The van der Waals surface area contributed by atoms with Crippen molar-refractivity contribution in [3.8, 4) is 0 Å². The molecule has 0 radical (unpaired) electrons. The van der Waals surface area contributed by atoms with E-state index in [1.807, 2.05) is 30.3 Å². The van der Waals surface area contributed by atoms with Gasteiger partial charge < -0.3 is 19.9 Å². The molecule has 2 aromatic heterocycles. The van der Waals surface area contributed by atoms with Gasteiger partial charge in [0, 0.05) is 38.3 Å². The van der Waals surface area contributed by atoms with E-state index in [-0.39, 0.29) is 36.4 Å². The van der Waals surface area contributed by atoms with Gasteiger partial charge in [0.05, 0.1) is 36.3 Å². The quantitative estimate of drug-likeness (QED) is 0.592. The molecule has 3 atom stereocenters. The Morgan fingerprint density at radius 2 is 1.88 bits per heavy atom. The van der Waals surface area contributed by atoms with Gasteiger partial charge in [-0.2, -0.15) is 5.10 Å². The molecule has 1 aromatic carbocycles. The number of ether oxygens (including phenoxy) is 1. The van der Waals surface area contributed by atoms with Gasteiger partial charge in [0.1, 0.15) is 12.1 Å². The standard InChI is InChI=1S/C24H29N7O3/c1-16-12-29(13-17(2)34-16)22-20-11-28-31(23(20)27-15-26-22)9-8-25-24(33)18-10-21(32)30(14-18)19-6-4-3-5-7-19/h3-7,11,15-18H,8-10,12-14H2,1-2H3,(H,25,33)/t16-,17-,18-/m1/s1. The van der Waals surface area contributed by atoms with Crippen LogP contribution in [0.3, 0.4) is 0 Å². The van der Waals surface area contributed by atoms with Crippen LogP contribution in [0.2, 0.25) is 0 Å². The Kier molecular flexibility index (Phi) is 6.14. The molecule has 0 spiro atoms. The van der Waals surface area contributed by atoms with Gasteiger partial charge in [0.15, 0.2) is 5.65 Å². The molecule has 3 aromatic rings. The number of benzene rings is 1. The lowest BCUT2D eigenvalue weighted by molar-refractivity contribution is -0.126. The molecule has 34 heavy (non-hydrogen) atoms. The summed E-state index contributed by atoms with van der Waals surface area (Å²) < 4.78 is 7.62. The fourth-order valence-electron chi connectivity index (χ4n) is 4.82. The topological polar surface area (TPSA) is 105 Å². The van der Waals surface area contributed by atoms with Gasteiger partial charge in [-0.3, -0.25) is 9.59 Å². The van der Waals surface area contributed by atoms with E-state index in [1.165, 1.54) is 0 Å². The summed E-state index contributed by atoms with van der Waals surface area (Å²) in [5.41, 5.74) is 1.56. The van der Waals surface area contributed by atoms with Crippen LogP contribution in [0.25, 0.3) is 11.0 Å². The zero-order valence-corrected chi connectivity index (χ0v) is 19.4. The number of carbonyl (C=O) groups is 2. The maximum atomic E-state index is 12.7. The molecule has 0 aliphatic carbocycles. The maximum absolute atomic E-state index is 12.7. The van der Waals surface area contributed by atoms with Gasteiger partial charge in [-0.1, -0.05) is 18.2 Å². The van der Waals surface area contributed by atoms with Crippen LogP contribution in [-0.2, 0) is 20.9 Å². The van der Waals surface area contributed by atoms with Gasteiger partial charge in [-0.05, 0) is 26.0 Å². The minimum atomic E-state index is -0.360. The summed E-state index contributed by atoms with van der Waals surface area (Å²) in [6.45, 7) is 6.91. The van der Waals surface area contributed by atoms with Crippen molar-refractivity contribution in [2.24, 2.45) is 5.92 Å². The molecular weight excluding hydrogens is 434 g/mol. The Labute approximate surface area is 197 Å². The summed E-state index contributed by atoms with van der Waals surface area (Å²) in [6, 6.07) is 9.45. The van der Waals surface area contributed by atoms with E-state index < -0.39 is 0 Å². The highest BCUT2D eigenvalue weighted by atomic mass is 16.5. The molecule has 5 rings (SSSR count). The molecule has 2 amide bonds. The highest BCUT2D eigenvalue weighted by molar-refractivity contribution is 6.00. The van der Waals surface area contributed by atoms with E-state index in [9.17, 15) is 9.59 Å². The van der Waals surface area contributed by atoms with Crippen LogP contribution < -0.4 is 15.1 Å². The van der Waals surface area contributed by atoms with Crippen LogP contribution in [0.5, 0.6) is 0 Å². The SMILES string of the molecule is C[C@@H]1CN(c2ncnc3c2cnn3CCNC(=O)[C@@H]2CC(=O)N(c3ccccc3)C2)C[C@@H](C)O1. The summed E-state index contributed by atoms with van der Waals surface area (Å²) in [6.07, 6.45) is 3.81. The summed E-state index contributed by atoms with van der Waals surface area (Å²) in [5, 5.41) is 8.33. The molecule has 2 aliphatic rings. The molecule has 0 bridgehead atoms. The predicted molar refractivity (Wildman–Crippen MR) is 127 cm³/mol. The van der Waals surface area contributed by atoms with Crippen molar-refractivity contribution in [2.45, 2.75) is 39.0 Å². The van der Waals surface area contributed by atoms with Crippen molar-refractivity contribution in [3.63, 3.8) is 0 Å². The third-order valence-corrected chi connectivity index (χ3v) is 6.32. The lowest BCUT2D eigenvalue weighted by atomic mass is 10.1. The Morgan fingerprint density at radius 1 is 1.12 bits per heavy atom. The molecule has 2 aliphatic heterocycles. The molecule has 10 nitrogen and oxygen atoms in total. The number of anilines is 2. The van der Waals surface area contributed by atoms with Crippen molar-refractivity contribution >= 4 is 34.4 Å². The molecule has 0 unspecified atom stereocenters. The second kappa shape index (κ2) is 9.38. The average Bonchev–Trinajstić information content (AvgIpc) is 3.42. The van der Waals surface area contributed by atoms with Crippen molar-refractivity contribution in [1.29, 1.82) is 0 Å². The van der Waals surface area contributed by atoms with Gasteiger partial charge in [-0.25, -0.2) is 14.6 Å². The largest absolute Gasteiger partial charge is 0.372 e. The monoisotopic (exact) mass is 463 g/mol. The lowest BCUT2D eigenvalue weighted by Gasteiger charge is -2.36. The third-order valence-electron chi connectivity index (χ3n) is 6.32. The van der Waals surface area contributed by atoms with E-state index >= 15 is 0 Å².